The minimum atomic E-state index is 0.148. The largest absolute Gasteiger partial charge is 0.347 e. The maximum Gasteiger partial charge on any atom is 0.233 e. The third kappa shape index (κ3) is 2.82. The molecule has 2 aromatic rings. The smallest absolute Gasteiger partial charge is 0.233 e. The lowest BCUT2D eigenvalue weighted by Gasteiger charge is -2.11. The Balaban J connectivity index is 2.26. The molecule has 0 fully saturated rings. The summed E-state index contributed by atoms with van der Waals surface area (Å²) in [5.74, 6) is 0.887. The summed E-state index contributed by atoms with van der Waals surface area (Å²) in [6.07, 6.45) is 3.49. The Hall–Kier alpha value is -1.89. The normalized spacial score (nSPS) is 10.4. The topological polar surface area (TPSA) is 71.8 Å². The van der Waals surface area contributed by atoms with Gasteiger partial charge in [-0.2, -0.15) is 20.1 Å². The zero-order valence-electron chi connectivity index (χ0n) is 9.72. The molecule has 0 radical (unpaired) electrons. The van der Waals surface area contributed by atoms with E-state index in [2.05, 4.69) is 25.4 Å². The van der Waals surface area contributed by atoms with Gasteiger partial charge in [0.2, 0.25) is 17.2 Å². The van der Waals surface area contributed by atoms with E-state index in [0.29, 0.717) is 11.9 Å². The van der Waals surface area contributed by atoms with Crippen molar-refractivity contribution in [3.05, 3.63) is 17.7 Å². The van der Waals surface area contributed by atoms with Crippen LogP contribution in [0.15, 0.2) is 12.4 Å². The van der Waals surface area contributed by atoms with Crippen molar-refractivity contribution >= 4 is 29.2 Å². The van der Waals surface area contributed by atoms with Crippen LogP contribution in [-0.4, -0.2) is 38.8 Å². The van der Waals surface area contributed by atoms with Gasteiger partial charge in [-0.1, -0.05) is 0 Å². The number of aromatic nitrogens is 5. The molecule has 0 aliphatic carbocycles. The highest BCUT2D eigenvalue weighted by Gasteiger charge is 2.07. The summed E-state index contributed by atoms with van der Waals surface area (Å²) in [6, 6.07) is 0. The second kappa shape index (κ2) is 4.54. The number of halogens is 1. The van der Waals surface area contributed by atoms with Crippen LogP contribution >= 0.6 is 11.6 Å². The first-order valence-electron chi connectivity index (χ1n) is 4.89. The van der Waals surface area contributed by atoms with Gasteiger partial charge in [-0.05, 0) is 11.6 Å². The fourth-order valence-electron chi connectivity index (χ4n) is 1.21. The van der Waals surface area contributed by atoms with E-state index in [1.54, 1.807) is 15.8 Å². The molecule has 0 bridgehead atoms. The number of nitrogens with one attached hydrogen (secondary N) is 1. The van der Waals surface area contributed by atoms with Crippen molar-refractivity contribution in [1.29, 1.82) is 0 Å². The van der Waals surface area contributed by atoms with E-state index >= 15 is 0 Å². The number of aryl methyl sites for hydroxylation is 1. The number of anilines is 3. The van der Waals surface area contributed by atoms with Crippen LogP contribution in [0.4, 0.5) is 17.6 Å². The molecule has 17 heavy (non-hydrogen) atoms. The van der Waals surface area contributed by atoms with E-state index in [0.717, 1.165) is 5.69 Å². The van der Waals surface area contributed by atoms with E-state index < -0.39 is 0 Å². The number of hydrogen-bond donors (Lipinski definition) is 1. The van der Waals surface area contributed by atoms with Crippen LogP contribution < -0.4 is 10.2 Å². The second-order valence-corrected chi connectivity index (χ2v) is 3.99. The summed E-state index contributed by atoms with van der Waals surface area (Å²) >= 11 is 5.82. The minimum absolute atomic E-state index is 0.148. The van der Waals surface area contributed by atoms with Crippen LogP contribution in [0.25, 0.3) is 0 Å². The summed E-state index contributed by atoms with van der Waals surface area (Å²) in [7, 11) is 5.50. The van der Waals surface area contributed by atoms with Crippen molar-refractivity contribution in [3.8, 4) is 0 Å². The van der Waals surface area contributed by atoms with E-state index in [1.165, 1.54) is 0 Å². The molecule has 0 spiro atoms. The molecule has 0 amide bonds. The van der Waals surface area contributed by atoms with Crippen LogP contribution in [-0.2, 0) is 7.05 Å². The average molecular weight is 254 g/mol. The van der Waals surface area contributed by atoms with Gasteiger partial charge in [0, 0.05) is 27.3 Å². The number of rotatable bonds is 3. The van der Waals surface area contributed by atoms with Crippen molar-refractivity contribution in [2.45, 2.75) is 0 Å². The molecule has 0 aliphatic rings. The Morgan fingerprint density at radius 1 is 1.29 bits per heavy atom. The van der Waals surface area contributed by atoms with Gasteiger partial charge in [-0.25, -0.2) is 0 Å². The van der Waals surface area contributed by atoms with E-state index in [1.807, 2.05) is 27.3 Å². The molecule has 0 aliphatic heterocycles. The quantitative estimate of drug-likeness (QED) is 0.882. The molecule has 1 N–H and O–H groups in total. The lowest BCUT2D eigenvalue weighted by atomic mass is 10.6. The Bertz CT molecular complexity index is 522. The molecule has 0 aromatic carbocycles. The predicted molar refractivity (Wildman–Crippen MR) is 65.7 cm³/mol. The summed E-state index contributed by atoms with van der Waals surface area (Å²) in [5.41, 5.74) is 0.791. The third-order valence-electron chi connectivity index (χ3n) is 1.96. The molecule has 90 valence electrons. The molecule has 0 saturated carbocycles. The Morgan fingerprint density at radius 3 is 2.65 bits per heavy atom. The summed E-state index contributed by atoms with van der Waals surface area (Å²) < 4.78 is 1.68. The SMILES string of the molecule is CN(C)c1nc(Cl)nc(Nc2cnn(C)c2)n1. The standard InChI is InChI=1S/C9H12ClN7/c1-16(2)9-14-7(10)13-8(15-9)12-6-4-11-17(3)5-6/h4-5H,1-3H3,(H,12,13,14,15). The molecule has 0 atom stereocenters. The Morgan fingerprint density at radius 2 is 2.06 bits per heavy atom. The van der Waals surface area contributed by atoms with E-state index in [4.69, 9.17) is 11.6 Å². The summed E-state index contributed by atoms with van der Waals surface area (Å²) in [6.45, 7) is 0. The molecule has 0 unspecified atom stereocenters. The number of nitrogens with zero attached hydrogens (tertiary/aromatic N) is 6. The molecule has 8 heteroatoms. The molecule has 2 heterocycles. The maximum absolute atomic E-state index is 5.82. The van der Waals surface area contributed by atoms with Crippen molar-refractivity contribution in [3.63, 3.8) is 0 Å². The molecular weight excluding hydrogens is 242 g/mol. The molecule has 2 aromatic heterocycles. The summed E-state index contributed by atoms with van der Waals surface area (Å²) in [5, 5.41) is 7.18. The highest BCUT2D eigenvalue weighted by atomic mass is 35.5. The summed E-state index contributed by atoms with van der Waals surface area (Å²) in [4.78, 5) is 13.9. The lowest BCUT2D eigenvalue weighted by molar-refractivity contribution is 0.768. The first-order valence-corrected chi connectivity index (χ1v) is 5.27. The fourth-order valence-corrected chi connectivity index (χ4v) is 1.37. The van der Waals surface area contributed by atoms with Gasteiger partial charge in [-0.15, -0.1) is 0 Å². The first-order chi connectivity index (χ1) is 8.04. The van der Waals surface area contributed by atoms with E-state index in [9.17, 15) is 0 Å². The minimum Gasteiger partial charge on any atom is -0.347 e. The van der Waals surface area contributed by atoms with Gasteiger partial charge in [0.05, 0.1) is 11.9 Å². The fraction of sp³-hybridized carbons (Fsp3) is 0.333. The van der Waals surface area contributed by atoms with Crippen LogP contribution in [0.1, 0.15) is 0 Å². The maximum atomic E-state index is 5.82. The molecular formula is C9H12ClN7. The van der Waals surface area contributed by atoms with Crippen molar-refractivity contribution in [2.75, 3.05) is 24.3 Å². The van der Waals surface area contributed by atoms with Gasteiger partial charge in [0.25, 0.3) is 0 Å². The third-order valence-corrected chi connectivity index (χ3v) is 2.13. The molecule has 7 nitrogen and oxygen atoms in total. The first kappa shape index (κ1) is 11.6. The Labute approximate surface area is 103 Å². The van der Waals surface area contributed by atoms with Crippen LogP contribution in [0.3, 0.4) is 0 Å². The monoisotopic (exact) mass is 253 g/mol. The van der Waals surface area contributed by atoms with Crippen molar-refractivity contribution in [2.24, 2.45) is 7.05 Å². The van der Waals surface area contributed by atoms with Crippen LogP contribution in [0, 0.1) is 0 Å². The highest BCUT2D eigenvalue weighted by Crippen LogP contribution is 2.15. The van der Waals surface area contributed by atoms with Gasteiger partial charge in [-0.3, -0.25) is 4.68 Å². The van der Waals surface area contributed by atoms with Crippen LogP contribution in [0.2, 0.25) is 5.28 Å². The molecule has 2 rings (SSSR count). The lowest BCUT2D eigenvalue weighted by Crippen LogP contribution is -2.14. The van der Waals surface area contributed by atoms with Gasteiger partial charge >= 0.3 is 0 Å². The molecule has 0 saturated heterocycles. The van der Waals surface area contributed by atoms with E-state index in [-0.39, 0.29) is 5.28 Å². The Kier molecular flexibility index (Phi) is 3.10. The zero-order chi connectivity index (χ0) is 12.4. The second-order valence-electron chi connectivity index (χ2n) is 3.65. The van der Waals surface area contributed by atoms with Crippen molar-refractivity contribution < 1.29 is 0 Å². The van der Waals surface area contributed by atoms with Crippen molar-refractivity contribution in [1.82, 2.24) is 24.7 Å². The van der Waals surface area contributed by atoms with Gasteiger partial charge < -0.3 is 10.2 Å². The van der Waals surface area contributed by atoms with Gasteiger partial charge in [0.15, 0.2) is 0 Å². The number of hydrogen-bond acceptors (Lipinski definition) is 6. The predicted octanol–water partition coefficient (Wildman–Crippen LogP) is 1.07. The van der Waals surface area contributed by atoms with Crippen LogP contribution in [0.5, 0.6) is 0 Å². The van der Waals surface area contributed by atoms with Gasteiger partial charge in [0.1, 0.15) is 0 Å². The average Bonchev–Trinajstić information content (AvgIpc) is 2.63. The highest BCUT2D eigenvalue weighted by molar-refractivity contribution is 6.28. The zero-order valence-corrected chi connectivity index (χ0v) is 10.5.